The maximum absolute atomic E-state index is 12.6. The van der Waals surface area contributed by atoms with Gasteiger partial charge in [0.2, 0.25) is 17.6 Å². The molecule has 0 aliphatic carbocycles. The molecule has 1 fully saturated rings. The Labute approximate surface area is 210 Å². The largest absolute Gasteiger partial charge is 0.494 e. The third-order valence-corrected chi connectivity index (χ3v) is 6.14. The molecule has 1 aromatic heterocycles. The van der Waals surface area contributed by atoms with Gasteiger partial charge in [0.1, 0.15) is 18.1 Å². The molecule has 7 heteroatoms. The van der Waals surface area contributed by atoms with E-state index in [1.54, 1.807) is 0 Å². The van der Waals surface area contributed by atoms with Gasteiger partial charge in [-0.1, -0.05) is 54.5 Å². The van der Waals surface area contributed by atoms with Crippen molar-refractivity contribution in [3.63, 3.8) is 0 Å². The van der Waals surface area contributed by atoms with E-state index in [1.807, 2.05) is 83.8 Å². The number of likely N-dealkylation sites (tertiary alicyclic amines) is 1. The Morgan fingerprint density at radius 1 is 0.917 bits per heavy atom. The fourth-order valence-corrected chi connectivity index (χ4v) is 4.18. The molecule has 184 valence electrons. The van der Waals surface area contributed by atoms with E-state index in [0.29, 0.717) is 44.4 Å². The number of nitrogens with zero attached hydrogens (tertiary/aromatic N) is 3. The summed E-state index contributed by atoms with van der Waals surface area (Å²) in [5, 5.41) is 4.15. The highest BCUT2D eigenvalue weighted by molar-refractivity contribution is 5.79. The van der Waals surface area contributed by atoms with Crippen molar-refractivity contribution in [2.75, 3.05) is 13.2 Å². The number of carbonyl (C=O) groups is 1. The molecule has 0 spiro atoms. The Balaban J connectivity index is 1.17. The summed E-state index contributed by atoms with van der Waals surface area (Å²) in [5.41, 5.74) is 3.01. The lowest BCUT2D eigenvalue weighted by molar-refractivity contribution is -0.128. The fraction of sp³-hybridized carbons (Fsp3) is 0.276. The summed E-state index contributed by atoms with van der Waals surface area (Å²) in [6, 6.07) is 25.6. The monoisotopic (exact) mass is 483 g/mol. The molecule has 1 amide bonds. The predicted molar refractivity (Wildman–Crippen MR) is 136 cm³/mol. The molecule has 1 aliphatic heterocycles. The number of hydrogen-bond donors (Lipinski definition) is 0. The van der Waals surface area contributed by atoms with Crippen molar-refractivity contribution in [2.45, 2.75) is 38.8 Å². The van der Waals surface area contributed by atoms with Crippen LogP contribution < -0.4 is 9.47 Å². The summed E-state index contributed by atoms with van der Waals surface area (Å²) in [4.78, 5) is 19.1. The Morgan fingerprint density at radius 3 is 2.39 bits per heavy atom. The maximum Gasteiger partial charge on any atom is 0.232 e. The average molecular weight is 484 g/mol. The molecule has 1 aliphatic rings. The van der Waals surface area contributed by atoms with Crippen molar-refractivity contribution >= 4 is 5.91 Å². The van der Waals surface area contributed by atoms with Gasteiger partial charge in [0.25, 0.3) is 0 Å². The number of aromatic nitrogens is 2. The SMILES string of the molecule is CCCOc1ccc(CN2CC(c3nc(-c4ccc(OCc5ccccc5)cc4)no3)CC2=O)cc1. The molecule has 7 nitrogen and oxygen atoms in total. The highest BCUT2D eigenvalue weighted by Crippen LogP contribution is 2.30. The first kappa shape index (κ1) is 23.6. The zero-order chi connectivity index (χ0) is 24.7. The number of hydrogen-bond acceptors (Lipinski definition) is 6. The molecule has 1 unspecified atom stereocenters. The third-order valence-electron chi connectivity index (χ3n) is 6.14. The number of amides is 1. The highest BCUT2D eigenvalue weighted by atomic mass is 16.5. The maximum atomic E-state index is 12.6. The number of benzene rings is 3. The van der Waals surface area contributed by atoms with Crippen molar-refractivity contribution < 1.29 is 18.8 Å². The van der Waals surface area contributed by atoms with Crippen molar-refractivity contribution in [1.29, 1.82) is 0 Å². The second kappa shape index (κ2) is 11.1. The van der Waals surface area contributed by atoms with E-state index >= 15 is 0 Å². The van der Waals surface area contributed by atoms with Crippen molar-refractivity contribution in [1.82, 2.24) is 15.0 Å². The normalized spacial score (nSPS) is 15.3. The van der Waals surface area contributed by atoms with Crippen LogP contribution in [0.25, 0.3) is 11.4 Å². The van der Waals surface area contributed by atoms with Gasteiger partial charge in [-0.05, 0) is 53.9 Å². The first-order valence-corrected chi connectivity index (χ1v) is 12.3. The molecule has 5 rings (SSSR count). The molecular formula is C29H29N3O4. The van der Waals surface area contributed by atoms with E-state index in [1.165, 1.54) is 0 Å². The van der Waals surface area contributed by atoms with E-state index in [-0.39, 0.29) is 11.8 Å². The second-order valence-corrected chi connectivity index (χ2v) is 8.92. The van der Waals surface area contributed by atoms with Crippen LogP contribution in [0.1, 0.15) is 42.7 Å². The van der Waals surface area contributed by atoms with Crippen molar-refractivity contribution in [3.8, 4) is 22.9 Å². The molecular weight excluding hydrogens is 454 g/mol. The standard InChI is InChI=1S/C29H29N3O4/c1-2-16-34-25-12-8-21(9-13-25)18-32-19-24(17-27(32)33)29-30-28(31-36-29)23-10-14-26(15-11-23)35-20-22-6-4-3-5-7-22/h3-15,24H,2,16-20H2,1H3. The van der Waals surface area contributed by atoms with Crippen LogP contribution in [-0.4, -0.2) is 34.1 Å². The lowest BCUT2D eigenvalue weighted by Gasteiger charge is -2.16. The van der Waals surface area contributed by atoms with E-state index in [4.69, 9.17) is 14.0 Å². The Hall–Kier alpha value is -4.13. The quantitative estimate of drug-likeness (QED) is 0.291. The molecule has 2 heterocycles. The van der Waals surface area contributed by atoms with Gasteiger partial charge in [0.15, 0.2) is 0 Å². The molecule has 0 bridgehead atoms. The zero-order valence-electron chi connectivity index (χ0n) is 20.3. The highest BCUT2D eigenvalue weighted by Gasteiger charge is 2.34. The minimum Gasteiger partial charge on any atom is -0.494 e. The van der Waals surface area contributed by atoms with E-state index in [0.717, 1.165) is 34.6 Å². The smallest absolute Gasteiger partial charge is 0.232 e. The van der Waals surface area contributed by atoms with Gasteiger partial charge in [0.05, 0.1) is 12.5 Å². The van der Waals surface area contributed by atoms with Gasteiger partial charge in [-0.3, -0.25) is 4.79 Å². The van der Waals surface area contributed by atoms with Crippen LogP contribution in [0.2, 0.25) is 0 Å². The van der Waals surface area contributed by atoms with Crippen LogP contribution in [0.4, 0.5) is 0 Å². The third kappa shape index (κ3) is 5.74. The lowest BCUT2D eigenvalue weighted by atomic mass is 10.1. The average Bonchev–Trinajstić information content (AvgIpc) is 3.55. The fourth-order valence-electron chi connectivity index (χ4n) is 4.18. The van der Waals surface area contributed by atoms with Crippen LogP contribution in [0.3, 0.4) is 0 Å². The molecule has 0 saturated carbocycles. The van der Waals surface area contributed by atoms with E-state index in [2.05, 4.69) is 17.1 Å². The second-order valence-electron chi connectivity index (χ2n) is 8.92. The van der Waals surface area contributed by atoms with Gasteiger partial charge in [0, 0.05) is 25.1 Å². The van der Waals surface area contributed by atoms with Crippen LogP contribution >= 0.6 is 0 Å². The molecule has 0 radical (unpaired) electrons. The van der Waals surface area contributed by atoms with Crippen molar-refractivity contribution in [3.05, 3.63) is 95.9 Å². The summed E-state index contributed by atoms with van der Waals surface area (Å²) in [5.74, 6) is 2.60. The van der Waals surface area contributed by atoms with Crippen LogP contribution in [0.15, 0.2) is 83.4 Å². The number of rotatable bonds is 10. The van der Waals surface area contributed by atoms with Crippen LogP contribution in [0, 0.1) is 0 Å². The minimum atomic E-state index is -0.112. The van der Waals surface area contributed by atoms with Gasteiger partial charge < -0.3 is 18.9 Å². The summed E-state index contributed by atoms with van der Waals surface area (Å²) < 4.78 is 17.0. The van der Waals surface area contributed by atoms with E-state index in [9.17, 15) is 4.79 Å². The number of carbonyl (C=O) groups excluding carboxylic acids is 1. The summed E-state index contributed by atoms with van der Waals surface area (Å²) >= 11 is 0. The first-order chi connectivity index (χ1) is 17.7. The molecule has 36 heavy (non-hydrogen) atoms. The lowest BCUT2D eigenvalue weighted by Crippen LogP contribution is -2.24. The predicted octanol–water partition coefficient (Wildman–Crippen LogP) is 5.62. The van der Waals surface area contributed by atoms with Gasteiger partial charge in [-0.2, -0.15) is 4.98 Å². The Bertz CT molecular complexity index is 1270. The van der Waals surface area contributed by atoms with Crippen molar-refractivity contribution in [2.24, 2.45) is 0 Å². The van der Waals surface area contributed by atoms with Crippen LogP contribution in [-0.2, 0) is 17.9 Å². The number of ether oxygens (including phenoxy) is 2. The zero-order valence-corrected chi connectivity index (χ0v) is 20.3. The molecule has 4 aromatic rings. The first-order valence-electron chi connectivity index (χ1n) is 12.3. The summed E-state index contributed by atoms with van der Waals surface area (Å²) in [6.07, 6.45) is 1.34. The minimum absolute atomic E-state index is 0.0889. The Morgan fingerprint density at radius 2 is 1.64 bits per heavy atom. The molecule has 3 aromatic carbocycles. The van der Waals surface area contributed by atoms with Crippen LogP contribution in [0.5, 0.6) is 11.5 Å². The summed E-state index contributed by atoms with van der Waals surface area (Å²) in [7, 11) is 0. The topological polar surface area (TPSA) is 77.7 Å². The van der Waals surface area contributed by atoms with E-state index < -0.39 is 0 Å². The molecule has 1 atom stereocenters. The Kier molecular flexibility index (Phi) is 7.26. The summed E-state index contributed by atoms with van der Waals surface area (Å²) in [6.45, 7) is 4.39. The molecule has 1 saturated heterocycles. The van der Waals surface area contributed by atoms with Gasteiger partial charge >= 0.3 is 0 Å². The van der Waals surface area contributed by atoms with Gasteiger partial charge in [-0.25, -0.2) is 0 Å². The van der Waals surface area contributed by atoms with Gasteiger partial charge in [-0.15, -0.1) is 0 Å². The molecule has 0 N–H and O–H groups in total.